The fourth-order valence-electron chi connectivity index (χ4n) is 1.95. The Hall–Kier alpha value is -1.23. The van der Waals surface area contributed by atoms with Crippen LogP contribution in [0.5, 0.6) is 11.5 Å². The van der Waals surface area contributed by atoms with E-state index in [4.69, 9.17) is 26.8 Å². The van der Waals surface area contributed by atoms with Crippen LogP contribution in [0.25, 0.3) is 0 Å². The molecule has 5 heteroatoms. The third-order valence-electron chi connectivity index (χ3n) is 3.10. The normalized spacial score (nSPS) is 12.0. The molecule has 0 bridgehead atoms. The van der Waals surface area contributed by atoms with Crippen molar-refractivity contribution in [3.05, 3.63) is 57.0 Å². The second kappa shape index (κ2) is 7.16. The highest BCUT2D eigenvalue weighted by Gasteiger charge is 2.10. The van der Waals surface area contributed by atoms with Crippen LogP contribution < -0.4 is 15.2 Å². The van der Waals surface area contributed by atoms with Crippen LogP contribution in [0.4, 0.5) is 0 Å². The van der Waals surface area contributed by atoms with E-state index in [2.05, 4.69) is 15.9 Å². The highest BCUT2D eigenvalue weighted by molar-refractivity contribution is 9.10. The topological polar surface area (TPSA) is 44.5 Å². The molecule has 0 saturated heterocycles. The zero-order valence-corrected chi connectivity index (χ0v) is 14.2. The van der Waals surface area contributed by atoms with E-state index in [0.717, 1.165) is 27.1 Å². The summed E-state index contributed by atoms with van der Waals surface area (Å²) in [6.07, 6.45) is 0. The lowest BCUT2D eigenvalue weighted by Gasteiger charge is -2.15. The van der Waals surface area contributed by atoms with Crippen molar-refractivity contribution < 1.29 is 9.47 Å². The molecular weight excluding hydrogens is 354 g/mol. The Morgan fingerprint density at radius 3 is 2.67 bits per heavy atom. The summed E-state index contributed by atoms with van der Waals surface area (Å²) in [5, 5.41) is 0.650. The first kappa shape index (κ1) is 16.1. The Morgan fingerprint density at radius 2 is 2.00 bits per heavy atom. The van der Waals surface area contributed by atoms with Gasteiger partial charge >= 0.3 is 0 Å². The number of benzene rings is 2. The number of nitrogens with two attached hydrogens (primary N) is 1. The van der Waals surface area contributed by atoms with E-state index in [9.17, 15) is 0 Å². The van der Waals surface area contributed by atoms with Gasteiger partial charge in [-0.15, -0.1) is 0 Å². The summed E-state index contributed by atoms with van der Waals surface area (Å²) in [5.74, 6) is 1.53. The first-order valence-corrected chi connectivity index (χ1v) is 7.68. The van der Waals surface area contributed by atoms with Gasteiger partial charge in [0.15, 0.2) is 0 Å². The van der Waals surface area contributed by atoms with Crippen molar-refractivity contribution in [1.82, 2.24) is 0 Å². The fraction of sp³-hybridized carbons (Fsp3) is 0.250. The molecule has 0 radical (unpaired) electrons. The summed E-state index contributed by atoms with van der Waals surface area (Å²) in [4.78, 5) is 0. The van der Waals surface area contributed by atoms with Gasteiger partial charge in [0.2, 0.25) is 0 Å². The van der Waals surface area contributed by atoms with Gasteiger partial charge < -0.3 is 15.2 Å². The third-order valence-corrected chi connectivity index (χ3v) is 4.11. The smallest absolute Gasteiger partial charge is 0.124 e. The lowest BCUT2D eigenvalue weighted by molar-refractivity contribution is 0.300. The standard InChI is InChI=1S/C16H17BrClNO2/c1-10(19)14-8-12(18)3-6-16(14)21-9-11-7-13(20-2)4-5-15(11)17/h3-8,10H,9,19H2,1-2H3/t10-/m1/s1. The van der Waals surface area contributed by atoms with Crippen LogP contribution in [-0.2, 0) is 6.61 Å². The van der Waals surface area contributed by atoms with E-state index < -0.39 is 0 Å². The van der Waals surface area contributed by atoms with Gasteiger partial charge in [-0.25, -0.2) is 0 Å². The molecule has 0 aliphatic heterocycles. The predicted molar refractivity (Wildman–Crippen MR) is 89.1 cm³/mol. The first-order chi connectivity index (χ1) is 10.0. The van der Waals surface area contributed by atoms with Crippen molar-refractivity contribution in [3.63, 3.8) is 0 Å². The molecule has 2 aromatic carbocycles. The molecule has 21 heavy (non-hydrogen) atoms. The van der Waals surface area contributed by atoms with Gasteiger partial charge in [-0.2, -0.15) is 0 Å². The Kier molecular flexibility index (Phi) is 5.51. The summed E-state index contributed by atoms with van der Waals surface area (Å²) in [7, 11) is 1.64. The summed E-state index contributed by atoms with van der Waals surface area (Å²) >= 11 is 9.52. The van der Waals surface area contributed by atoms with Crippen LogP contribution in [0.1, 0.15) is 24.1 Å². The Labute approximate surface area is 138 Å². The fourth-order valence-corrected chi connectivity index (χ4v) is 2.49. The second-order valence-electron chi connectivity index (χ2n) is 4.72. The minimum absolute atomic E-state index is 0.146. The van der Waals surface area contributed by atoms with Gasteiger partial charge in [0.25, 0.3) is 0 Å². The number of hydrogen-bond donors (Lipinski definition) is 1. The van der Waals surface area contributed by atoms with Gasteiger partial charge in [-0.05, 0) is 43.3 Å². The van der Waals surface area contributed by atoms with E-state index >= 15 is 0 Å². The van der Waals surface area contributed by atoms with Crippen LogP contribution in [-0.4, -0.2) is 7.11 Å². The second-order valence-corrected chi connectivity index (χ2v) is 6.01. The molecule has 0 spiro atoms. The molecule has 2 rings (SSSR count). The maximum absolute atomic E-state index is 6.01. The van der Waals surface area contributed by atoms with Crippen molar-refractivity contribution in [2.45, 2.75) is 19.6 Å². The minimum Gasteiger partial charge on any atom is -0.497 e. The number of methoxy groups -OCH3 is 1. The van der Waals surface area contributed by atoms with Crippen LogP contribution >= 0.6 is 27.5 Å². The van der Waals surface area contributed by atoms with Gasteiger partial charge in [-0.3, -0.25) is 0 Å². The molecule has 0 amide bonds. The largest absolute Gasteiger partial charge is 0.497 e. The number of halogens is 2. The van der Waals surface area contributed by atoms with E-state index in [0.29, 0.717) is 11.6 Å². The van der Waals surface area contributed by atoms with Crippen LogP contribution in [0, 0.1) is 0 Å². The van der Waals surface area contributed by atoms with E-state index in [1.807, 2.05) is 37.3 Å². The highest BCUT2D eigenvalue weighted by Crippen LogP contribution is 2.29. The quantitative estimate of drug-likeness (QED) is 0.829. The maximum atomic E-state index is 6.01. The SMILES string of the molecule is COc1ccc(Br)c(COc2ccc(Cl)cc2[C@@H](C)N)c1. The van der Waals surface area contributed by atoms with Crippen molar-refractivity contribution in [2.24, 2.45) is 5.73 Å². The summed E-state index contributed by atoms with van der Waals surface area (Å²) in [6.45, 7) is 2.32. The molecule has 0 aliphatic rings. The van der Waals surface area contributed by atoms with Crippen LogP contribution in [0.3, 0.4) is 0 Å². The molecule has 0 saturated carbocycles. The lowest BCUT2D eigenvalue weighted by Crippen LogP contribution is -2.08. The van der Waals surface area contributed by atoms with Gasteiger partial charge in [0.1, 0.15) is 18.1 Å². The van der Waals surface area contributed by atoms with Crippen molar-refractivity contribution >= 4 is 27.5 Å². The van der Waals surface area contributed by atoms with Crippen LogP contribution in [0.15, 0.2) is 40.9 Å². The molecule has 112 valence electrons. The van der Waals surface area contributed by atoms with Gasteiger partial charge in [-0.1, -0.05) is 27.5 Å². The third kappa shape index (κ3) is 4.13. The van der Waals surface area contributed by atoms with E-state index in [1.54, 1.807) is 13.2 Å². The maximum Gasteiger partial charge on any atom is 0.124 e. The number of rotatable bonds is 5. The van der Waals surface area contributed by atoms with E-state index in [1.165, 1.54) is 0 Å². The zero-order chi connectivity index (χ0) is 15.4. The average Bonchev–Trinajstić information content (AvgIpc) is 2.47. The zero-order valence-electron chi connectivity index (χ0n) is 11.9. The van der Waals surface area contributed by atoms with Crippen molar-refractivity contribution in [3.8, 4) is 11.5 Å². The molecule has 2 aromatic rings. The molecule has 0 heterocycles. The van der Waals surface area contributed by atoms with Crippen LogP contribution in [0.2, 0.25) is 5.02 Å². The Morgan fingerprint density at radius 1 is 1.24 bits per heavy atom. The van der Waals surface area contributed by atoms with E-state index in [-0.39, 0.29) is 6.04 Å². The molecule has 0 aliphatic carbocycles. The molecule has 0 unspecified atom stereocenters. The average molecular weight is 371 g/mol. The monoisotopic (exact) mass is 369 g/mol. The number of hydrogen-bond acceptors (Lipinski definition) is 3. The molecule has 2 N–H and O–H groups in total. The Bertz CT molecular complexity index is 632. The molecule has 0 aromatic heterocycles. The lowest BCUT2D eigenvalue weighted by atomic mass is 10.1. The first-order valence-electron chi connectivity index (χ1n) is 6.51. The van der Waals surface area contributed by atoms with Gasteiger partial charge in [0.05, 0.1) is 7.11 Å². The number of ether oxygens (including phenoxy) is 2. The molecule has 1 atom stereocenters. The van der Waals surface area contributed by atoms with Gasteiger partial charge in [0, 0.05) is 26.7 Å². The molecular formula is C16H17BrClNO2. The molecule has 0 fully saturated rings. The predicted octanol–water partition coefficient (Wildman–Crippen LogP) is 4.71. The summed E-state index contributed by atoms with van der Waals surface area (Å²) < 4.78 is 12.1. The summed E-state index contributed by atoms with van der Waals surface area (Å²) in [5.41, 5.74) is 7.85. The van der Waals surface area contributed by atoms with Crippen molar-refractivity contribution in [1.29, 1.82) is 0 Å². The van der Waals surface area contributed by atoms with Crippen molar-refractivity contribution in [2.75, 3.05) is 7.11 Å². The Balaban J connectivity index is 2.20. The highest BCUT2D eigenvalue weighted by atomic mass is 79.9. The minimum atomic E-state index is -0.146. The summed E-state index contributed by atoms with van der Waals surface area (Å²) in [6, 6.07) is 11.1. The molecule has 3 nitrogen and oxygen atoms in total.